The third-order valence-corrected chi connectivity index (χ3v) is 2.83. The number of nitrogens with one attached hydrogen (secondary N) is 1. The molecule has 0 bridgehead atoms. The molecule has 1 aromatic heterocycles. The first-order valence-electron chi connectivity index (χ1n) is 6.06. The molecule has 0 amide bonds. The topological polar surface area (TPSA) is 90.2 Å². The molecule has 0 fully saturated rings. The first kappa shape index (κ1) is 14.6. The standard InChI is InChI=1S/C13H13FN4O3/c1-7-4-8(2)11(5-10(7)18(19)20)21-12-9(14)6-16-13(15-3)17-12/h4-6H,1-3H3,(H,15,16,17). The summed E-state index contributed by atoms with van der Waals surface area (Å²) in [4.78, 5) is 18.0. The molecule has 0 saturated heterocycles. The molecule has 1 N–H and O–H groups in total. The number of hydrogen-bond donors (Lipinski definition) is 1. The number of nitrogens with zero attached hydrogens (tertiary/aromatic N) is 3. The molecule has 1 aromatic carbocycles. The second kappa shape index (κ2) is 5.70. The van der Waals surface area contributed by atoms with Crippen LogP contribution in [0.15, 0.2) is 18.3 Å². The maximum Gasteiger partial charge on any atom is 0.276 e. The van der Waals surface area contributed by atoms with Gasteiger partial charge in [-0.3, -0.25) is 10.1 Å². The molecule has 0 aliphatic heterocycles. The average molecular weight is 292 g/mol. The Bertz CT molecular complexity index is 706. The Morgan fingerprint density at radius 2 is 2.05 bits per heavy atom. The van der Waals surface area contributed by atoms with Gasteiger partial charge in [0.2, 0.25) is 11.8 Å². The van der Waals surface area contributed by atoms with E-state index in [1.807, 2.05) is 0 Å². The molecule has 0 unspecified atom stereocenters. The summed E-state index contributed by atoms with van der Waals surface area (Å²) in [5.41, 5.74) is 1.05. The van der Waals surface area contributed by atoms with Gasteiger partial charge in [-0.15, -0.1) is 0 Å². The zero-order valence-electron chi connectivity index (χ0n) is 11.7. The first-order chi connectivity index (χ1) is 9.92. The second-order valence-corrected chi connectivity index (χ2v) is 4.36. The molecular weight excluding hydrogens is 279 g/mol. The normalized spacial score (nSPS) is 10.3. The number of ether oxygens (including phenoxy) is 1. The number of nitro benzene ring substituents is 1. The Kier molecular flexibility index (Phi) is 3.97. The first-order valence-corrected chi connectivity index (χ1v) is 6.06. The fourth-order valence-electron chi connectivity index (χ4n) is 1.78. The number of aryl methyl sites for hydroxylation is 2. The van der Waals surface area contributed by atoms with Crippen molar-refractivity contribution in [2.75, 3.05) is 12.4 Å². The van der Waals surface area contributed by atoms with Crippen molar-refractivity contribution in [2.45, 2.75) is 13.8 Å². The van der Waals surface area contributed by atoms with Crippen LogP contribution >= 0.6 is 0 Å². The van der Waals surface area contributed by atoms with Gasteiger partial charge in [0.15, 0.2) is 0 Å². The molecule has 7 nitrogen and oxygen atoms in total. The Morgan fingerprint density at radius 3 is 2.67 bits per heavy atom. The minimum absolute atomic E-state index is 0.0982. The van der Waals surface area contributed by atoms with E-state index in [9.17, 15) is 14.5 Å². The van der Waals surface area contributed by atoms with Gasteiger partial charge < -0.3 is 10.1 Å². The van der Waals surface area contributed by atoms with Crippen LogP contribution in [0.2, 0.25) is 0 Å². The van der Waals surface area contributed by atoms with Gasteiger partial charge in [0.05, 0.1) is 17.2 Å². The molecule has 2 rings (SSSR count). The lowest BCUT2D eigenvalue weighted by Crippen LogP contribution is -2.01. The predicted octanol–water partition coefficient (Wildman–Crippen LogP) is 2.97. The molecule has 0 aliphatic carbocycles. The summed E-state index contributed by atoms with van der Waals surface area (Å²) in [5, 5.41) is 13.6. The Labute approximate surface area is 120 Å². The molecule has 0 aliphatic rings. The molecule has 0 spiro atoms. The van der Waals surface area contributed by atoms with Gasteiger partial charge in [0, 0.05) is 12.6 Å². The van der Waals surface area contributed by atoms with Gasteiger partial charge in [-0.2, -0.15) is 9.37 Å². The largest absolute Gasteiger partial charge is 0.436 e. The molecular formula is C13H13FN4O3. The number of benzene rings is 1. The predicted molar refractivity (Wildman–Crippen MR) is 74.2 cm³/mol. The molecule has 0 saturated carbocycles. The summed E-state index contributed by atoms with van der Waals surface area (Å²) < 4.78 is 19.0. The van der Waals surface area contributed by atoms with Crippen LogP contribution in [0.1, 0.15) is 11.1 Å². The maximum atomic E-state index is 13.7. The summed E-state index contributed by atoms with van der Waals surface area (Å²) in [7, 11) is 1.58. The van der Waals surface area contributed by atoms with Crippen molar-refractivity contribution >= 4 is 11.6 Å². The third kappa shape index (κ3) is 3.04. The van der Waals surface area contributed by atoms with Crippen LogP contribution in [0.4, 0.5) is 16.0 Å². The molecule has 1 heterocycles. The van der Waals surface area contributed by atoms with Gasteiger partial charge in [0.1, 0.15) is 5.75 Å². The van der Waals surface area contributed by atoms with Gasteiger partial charge in [-0.25, -0.2) is 4.98 Å². The van der Waals surface area contributed by atoms with E-state index in [0.29, 0.717) is 11.1 Å². The van der Waals surface area contributed by atoms with Crippen molar-refractivity contribution in [2.24, 2.45) is 0 Å². The molecule has 21 heavy (non-hydrogen) atoms. The molecule has 2 aromatic rings. The van der Waals surface area contributed by atoms with Crippen molar-refractivity contribution in [3.05, 3.63) is 45.4 Å². The minimum atomic E-state index is -0.753. The van der Waals surface area contributed by atoms with E-state index in [-0.39, 0.29) is 23.3 Å². The fraction of sp³-hybridized carbons (Fsp3) is 0.231. The summed E-state index contributed by atoms with van der Waals surface area (Å²) in [6.45, 7) is 3.34. The van der Waals surface area contributed by atoms with Crippen molar-refractivity contribution in [1.82, 2.24) is 9.97 Å². The third-order valence-electron chi connectivity index (χ3n) is 2.83. The van der Waals surface area contributed by atoms with Crippen LogP contribution < -0.4 is 10.1 Å². The minimum Gasteiger partial charge on any atom is -0.436 e. The zero-order chi connectivity index (χ0) is 15.6. The lowest BCUT2D eigenvalue weighted by molar-refractivity contribution is -0.385. The van der Waals surface area contributed by atoms with Gasteiger partial charge in [0.25, 0.3) is 11.6 Å². The van der Waals surface area contributed by atoms with Crippen molar-refractivity contribution in [3.8, 4) is 11.6 Å². The average Bonchev–Trinajstić information content (AvgIpc) is 2.43. The van der Waals surface area contributed by atoms with Crippen LogP contribution in [0.5, 0.6) is 11.6 Å². The number of halogens is 1. The Hall–Kier alpha value is -2.77. The van der Waals surface area contributed by atoms with Crippen LogP contribution in [0, 0.1) is 29.8 Å². The van der Waals surface area contributed by atoms with Crippen molar-refractivity contribution in [3.63, 3.8) is 0 Å². The van der Waals surface area contributed by atoms with Gasteiger partial charge >= 0.3 is 0 Å². The molecule has 110 valence electrons. The maximum absolute atomic E-state index is 13.7. The van der Waals surface area contributed by atoms with E-state index < -0.39 is 10.7 Å². The van der Waals surface area contributed by atoms with Crippen LogP contribution in [-0.4, -0.2) is 21.9 Å². The van der Waals surface area contributed by atoms with E-state index in [2.05, 4.69) is 15.3 Å². The zero-order valence-corrected chi connectivity index (χ0v) is 11.7. The van der Waals surface area contributed by atoms with E-state index in [1.54, 1.807) is 27.0 Å². The Morgan fingerprint density at radius 1 is 1.33 bits per heavy atom. The number of aromatic nitrogens is 2. The number of anilines is 1. The SMILES string of the molecule is CNc1ncc(F)c(Oc2cc([N+](=O)[O-])c(C)cc2C)n1. The van der Waals surface area contributed by atoms with E-state index in [4.69, 9.17) is 4.74 Å². The van der Waals surface area contributed by atoms with Crippen LogP contribution in [0.3, 0.4) is 0 Å². The summed E-state index contributed by atoms with van der Waals surface area (Å²) in [5.74, 6) is -0.690. The van der Waals surface area contributed by atoms with Gasteiger partial charge in [-0.05, 0) is 25.5 Å². The van der Waals surface area contributed by atoms with E-state index >= 15 is 0 Å². The Balaban J connectivity index is 2.44. The smallest absolute Gasteiger partial charge is 0.276 e. The number of rotatable bonds is 4. The van der Waals surface area contributed by atoms with Crippen LogP contribution in [0.25, 0.3) is 0 Å². The van der Waals surface area contributed by atoms with Crippen molar-refractivity contribution < 1.29 is 14.1 Å². The highest BCUT2D eigenvalue weighted by molar-refractivity contribution is 5.50. The number of nitro groups is 1. The van der Waals surface area contributed by atoms with E-state index in [0.717, 1.165) is 6.20 Å². The summed E-state index contributed by atoms with van der Waals surface area (Å²) in [6, 6.07) is 2.86. The molecule has 0 radical (unpaired) electrons. The highest BCUT2D eigenvalue weighted by Crippen LogP contribution is 2.31. The monoisotopic (exact) mass is 292 g/mol. The molecule has 0 atom stereocenters. The van der Waals surface area contributed by atoms with Gasteiger partial charge in [-0.1, -0.05) is 0 Å². The highest BCUT2D eigenvalue weighted by Gasteiger charge is 2.17. The van der Waals surface area contributed by atoms with Crippen molar-refractivity contribution in [1.29, 1.82) is 0 Å². The summed E-state index contributed by atoms with van der Waals surface area (Å²) in [6.07, 6.45) is 0.964. The summed E-state index contributed by atoms with van der Waals surface area (Å²) >= 11 is 0. The highest BCUT2D eigenvalue weighted by atomic mass is 19.1. The van der Waals surface area contributed by atoms with Crippen LogP contribution in [-0.2, 0) is 0 Å². The quantitative estimate of drug-likeness (QED) is 0.688. The molecule has 8 heteroatoms. The number of hydrogen-bond acceptors (Lipinski definition) is 6. The lowest BCUT2D eigenvalue weighted by Gasteiger charge is -2.10. The lowest BCUT2D eigenvalue weighted by atomic mass is 10.1. The van der Waals surface area contributed by atoms with E-state index in [1.165, 1.54) is 6.07 Å². The fourth-order valence-corrected chi connectivity index (χ4v) is 1.78. The second-order valence-electron chi connectivity index (χ2n) is 4.36.